The highest BCUT2D eigenvalue weighted by Gasteiger charge is 2.08. The van der Waals surface area contributed by atoms with Crippen LogP contribution in [0.5, 0.6) is 5.75 Å². The normalized spacial score (nSPS) is 10.7. The molecule has 2 aromatic heterocycles. The molecule has 6 heteroatoms. The number of methoxy groups -OCH3 is 1. The Bertz CT molecular complexity index is 981. The smallest absolute Gasteiger partial charge is 0.181 e. The van der Waals surface area contributed by atoms with Crippen LogP contribution in [0.4, 0.5) is 11.5 Å². The first-order valence-corrected chi connectivity index (χ1v) is 7.51. The standard InChI is InChI=1S/C18H15N5O/c1-24-15-9-5-6-13(10-15)21-17-12-19-18-16(22-17)11-20-23(18)14-7-3-2-4-8-14/h2-12H,1H3,(H,21,22). The van der Waals surface area contributed by atoms with Gasteiger partial charge in [0.05, 0.1) is 25.2 Å². The predicted molar refractivity (Wildman–Crippen MR) is 92.9 cm³/mol. The summed E-state index contributed by atoms with van der Waals surface area (Å²) >= 11 is 0. The molecule has 4 aromatic rings. The second-order valence-corrected chi connectivity index (χ2v) is 5.21. The van der Waals surface area contributed by atoms with Gasteiger partial charge in [0.15, 0.2) is 5.65 Å². The van der Waals surface area contributed by atoms with Gasteiger partial charge in [-0.1, -0.05) is 24.3 Å². The van der Waals surface area contributed by atoms with Gasteiger partial charge in [-0.15, -0.1) is 0 Å². The summed E-state index contributed by atoms with van der Waals surface area (Å²) in [6, 6.07) is 17.5. The summed E-state index contributed by atoms with van der Waals surface area (Å²) in [5.74, 6) is 1.44. The van der Waals surface area contributed by atoms with Gasteiger partial charge >= 0.3 is 0 Å². The zero-order chi connectivity index (χ0) is 16.4. The predicted octanol–water partition coefficient (Wildman–Crippen LogP) is 3.57. The highest BCUT2D eigenvalue weighted by Crippen LogP contribution is 2.21. The molecule has 2 aromatic carbocycles. The Morgan fingerprint density at radius 1 is 1.00 bits per heavy atom. The van der Waals surface area contributed by atoms with Crippen molar-refractivity contribution >= 4 is 22.7 Å². The van der Waals surface area contributed by atoms with Crippen LogP contribution in [0.3, 0.4) is 0 Å². The number of hydrogen-bond acceptors (Lipinski definition) is 5. The second-order valence-electron chi connectivity index (χ2n) is 5.21. The van der Waals surface area contributed by atoms with Gasteiger partial charge in [0.2, 0.25) is 0 Å². The number of para-hydroxylation sites is 1. The molecule has 0 spiro atoms. The second kappa shape index (κ2) is 6.00. The lowest BCUT2D eigenvalue weighted by molar-refractivity contribution is 0.415. The summed E-state index contributed by atoms with van der Waals surface area (Å²) < 4.78 is 7.00. The Hall–Kier alpha value is -3.41. The van der Waals surface area contributed by atoms with Crippen LogP contribution >= 0.6 is 0 Å². The van der Waals surface area contributed by atoms with Crippen molar-refractivity contribution in [1.82, 2.24) is 19.7 Å². The van der Waals surface area contributed by atoms with Gasteiger partial charge in [0.25, 0.3) is 0 Å². The van der Waals surface area contributed by atoms with E-state index in [4.69, 9.17) is 4.74 Å². The van der Waals surface area contributed by atoms with Gasteiger partial charge in [-0.2, -0.15) is 5.10 Å². The van der Waals surface area contributed by atoms with Gasteiger partial charge < -0.3 is 10.1 Å². The maximum Gasteiger partial charge on any atom is 0.181 e. The van der Waals surface area contributed by atoms with Crippen molar-refractivity contribution < 1.29 is 4.74 Å². The number of fused-ring (bicyclic) bond motifs is 1. The summed E-state index contributed by atoms with van der Waals surface area (Å²) in [5, 5.41) is 7.61. The lowest BCUT2D eigenvalue weighted by atomic mass is 10.3. The van der Waals surface area contributed by atoms with E-state index in [-0.39, 0.29) is 0 Å². The molecule has 6 nitrogen and oxygen atoms in total. The number of hydrogen-bond donors (Lipinski definition) is 1. The van der Waals surface area contributed by atoms with E-state index in [1.807, 2.05) is 54.6 Å². The number of ether oxygens (including phenoxy) is 1. The van der Waals surface area contributed by atoms with Crippen molar-refractivity contribution in [2.45, 2.75) is 0 Å². The van der Waals surface area contributed by atoms with Gasteiger partial charge in [0.1, 0.15) is 17.1 Å². The molecule has 0 unspecified atom stereocenters. The Labute approximate surface area is 138 Å². The van der Waals surface area contributed by atoms with E-state index in [2.05, 4.69) is 20.4 Å². The maximum absolute atomic E-state index is 5.23. The third-order valence-electron chi connectivity index (χ3n) is 3.62. The molecule has 4 rings (SSSR count). The molecule has 0 aliphatic heterocycles. The van der Waals surface area contributed by atoms with E-state index in [0.717, 1.165) is 28.3 Å². The van der Waals surface area contributed by atoms with Gasteiger partial charge in [0, 0.05) is 11.8 Å². The molecule has 0 saturated carbocycles. The van der Waals surface area contributed by atoms with Crippen molar-refractivity contribution in [3.8, 4) is 11.4 Å². The van der Waals surface area contributed by atoms with E-state index in [1.165, 1.54) is 0 Å². The zero-order valence-electron chi connectivity index (χ0n) is 13.0. The lowest BCUT2D eigenvalue weighted by Crippen LogP contribution is -1.99. The average Bonchev–Trinajstić information content (AvgIpc) is 3.06. The molecule has 0 radical (unpaired) electrons. The first kappa shape index (κ1) is 14.2. The van der Waals surface area contributed by atoms with Crippen LogP contribution < -0.4 is 10.1 Å². The number of nitrogens with one attached hydrogen (secondary N) is 1. The third-order valence-corrected chi connectivity index (χ3v) is 3.62. The van der Waals surface area contributed by atoms with Crippen molar-refractivity contribution in [3.05, 3.63) is 67.0 Å². The van der Waals surface area contributed by atoms with Crippen LogP contribution in [0.25, 0.3) is 16.9 Å². The quantitative estimate of drug-likeness (QED) is 0.623. The van der Waals surface area contributed by atoms with Crippen LogP contribution in [0, 0.1) is 0 Å². The first-order chi connectivity index (χ1) is 11.8. The van der Waals surface area contributed by atoms with Crippen molar-refractivity contribution in [1.29, 1.82) is 0 Å². The first-order valence-electron chi connectivity index (χ1n) is 7.51. The van der Waals surface area contributed by atoms with Gasteiger partial charge in [-0.3, -0.25) is 0 Å². The van der Waals surface area contributed by atoms with Crippen LogP contribution in [0.1, 0.15) is 0 Å². The minimum atomic E-state index is 0.656. The summed E-state index contributed by atoms with van der Waals surface area (Å²) in [6.07, 6.45) is 3.41. The summed E-state index contributed by atoms with van der Waals surface area (Å²) in [6.45, 7) is 0. The minimum Gasteiger partial charge on any atom is -0.497 e. The molecule has 24 heavy (non-hydrogen) atoms. The highest BCUT2D eigenvalue weighted by atomic mass is 16.5. The molecule has 0 amide bonds. The SMILES string of the molecule is COc1cccc(Nc2cnc3c(cnn3-c3ccccc3)n2)c1. The third kappa shape index (κ3) is 2.65. The van der Waals surface area contributed by atoms with E-state index >= 15 is 0 Å². The summed E-state index contributed by atoms with van der Waals surface area (Å²) in [5.41, 5.74) is 3.29. The number of aromatic nitrogens is 4. The van der Waals surface area contributed by atoms with E-state index in [9.17, 15) is 0 Å². The van der Waals surface area contributed by atoms with Crippen LogP contribution in [0.2, 0.25) is 0 Å². The van der Waals surface area contributed by atoms with Gasteiger partial charge in [-0.05, 0) is 24.3 Å². The molecule has 2 heterocycles. The number of nitrogens with zero attached hydrogens (tertiary/aromatic N) is 4. The lowest BCUT2D eigenvalue weighted by Gasteiger charge is -2.07. The number of rotatable bonds is 4. The minimum absolute atomic E-state index is 0.656. The molecule has 0 atom stereocenters. The van der Waals surface area contributed by atoms with Crippen LogP contribution in [-0.4, -0.2) is 26.9 Å². The highest BCUT2D eigenvalue weighted by molar-refractivity contribution is 5.74. The fourth-order valence-corrected chi connectivity index (χ4v) is 2.48. The molecular weight excluding hydrogens is 302 g/mol. The average molecular weight is 317 g/mol. The van der Waals surface area contributed by atoms with Crippen LogP contribution in [-0.2, 0) is 0 Å². The van der Waals surface area contributed by atoms with Crippen molar-refractivity contribution in [2.75, 3.05) is 12.4 Å². The fourth-order valence-electron chi connectivity index (χ4n) is 2.48. The molecular formula is C18H15N5O. The van der Waals surface area contributed by atoms with Crippen molar-refractivity contribution in [2.24, 2.45) is 0 Å². The van der Waals surface area contributed by atoms with Crippen molar-refractivity contribution in [3.63, 3.8) is 0 Å². The van der Waals surface area contributed by atoms with E-state index in [1.54, 1.807) is 24.2 Å². The molecule has 118 valence electrons. The Kier molecular flexibility index (Phi) is 3.55. The Morgan fingerprint density at radius 2 is 1.88 bits per heavy atom. The molecule has 0 fully saturated rings. The Morgan fingerprint density at radius 3 is 2.71 bits per heavy atom. The summed E-state index contributed by atoms with van der Waals surface area (Å²) in [7, 11) is 1.64. The zero-order valence-corrected chi connectivity index (χ0v) is 13.0. The van der Waals surface area contributed by atoms with E-state index < -0.39 is 0 Å². The summed E-state index contributed by atoms with van der Waals surface area (Å²) in [4.78, 5) is 9.07. The van der Waals surface area contributed by atoms with Crippen LogP contribution in [0.15, 0.2) is 67.0 Å². The number of anilines is 2. The maximum atomic E-state index is 5.23. The molecule has 1 N–H and O–H groups in total. The topological polar surface area (TPSA) is 64.9 Å². The van der Waals surface area contributed by atoms with Gasteiger partial charge in [-0.25, -0.2) is 14.6 Å². The molecule has 0 bridgehead atoms. The molecule has 0 saturated heterocycles. The monoisotopic (exact) mass is 317 g/mol. The number of benzene rings is 2. The molecule has 0 aliphatic rings. The largest absolute Gasteiger partial charge is 0.497 e. The fraction of sp³-hybridized carbons (Fsp3) is 0.0556. The molecule has 0 aliphatic carbocycles. The van der Waals surface area contributed by atoms with E-state index in [0.29, 0.717) is 5.82 Å². The Balaban J connectivity index is 1.67.